The molecule has 0 spiro atoms. The van der Waals surface area contributed by atoms with E-state index in [1.807, 2.05) is 21.7 Å². The maximum absolute atomic E-state index is 13.1. The Morgan fingerprint density at radius 2 is 1.79 bits per heavy atom. The van der Waals surface area contributed by atoms with Crippen LogP contribution in [0, 0.1) is 17.3 Å². The summed E-state index contributed by atoms with van der Waals surface area (Å²) in [5.41, 5.74) is -0.672. The zero-order valence-corrected chi connectivity index (χ0v) is 17.1. The molecule has 0 radical (unpaired) electrons. The second kappa shape index (κ2) is 5.96. The van der Waals surface area contributed by atoms with Crippen LogP contribution in [0.15, 0.2) is 0 Å². The summed E-state index contributed by atoms with van der Waals surface area (Å²) in [6.07, 6.45) is 3.48. The first kappa shape index (κ1) is 19.7. The lowest BCUT2D eigenvalue weighted by molar-refractivity contribution is -0.133. The van der Waals surface area contributed by atoms with E-state index in [1.54, 1.807) is 7.05 Å². The van der Waals surface area contributed by atoms with Crippen LogP contribution in [0.3, 0.4) is 0 Å². The quantitative estimate of drug-likeness (QED) is 0.485. The Morgan fingerprint density at radius 3 is 2.25 bits per heavy atom. The molecule has 0 aliphatic heterocycles. The van der Waals surface area contributed by atoms with Gasteiger partial charge in [-0.3, -0.25) is 9.59 Å². The molecule has 2 aliphatic rings. The highest BCUT2D eigenvalue weighted by atomic mass is 32.1. The molecule has 2 aliphatic carbocycles. The summed E-state index contributed by atoms with van der Waals surface area (Å²) in [7, 11) is 3.64. The van der Waals surface area contributed by atoms with Crippen molar-refractivity contribution in [1.29, 1.82) is 0 Å². The molecule has 2 saturated carbocycles. The third-order valence-electron chi connectivity index (χ3n) is 7.11. The highest BCUT2D eigenvalue weighted by Crippen LogP contribution is 2.66. The number of carbonyl (C=O) groups is 2. The first-order valence-electron chi connectivity index (χ1n) is 9.18. The molecular formula is C18H33BN2O2S. The van der Waals surface area contributed by atoms with E-state index in [0.717, 1.165) is 25.7 Å². The lowest BCUT2D eigenvalue weighted by Crippen LogP contribution is -2.48. The summed E-state index contributed by atoms with van der Waals surface area (Å²) >= 11 is 4.79. The van der Waals surface area contributed by atoms with Crippen LogP contribution in [-0.2, 0) is 9.59 Å². The summed E-state index contributed by atoms with van der Waals surface area (Å²) in [4.78, 5) is 25.3. The van der Waals surface area contributed by atoms with Crippen LogP contribution < -0.4 is 10.6 Å². The fourth-order valence-corrected chi connectivity index (χ4v) is 4.83. The van der Waals surface area contributed by atoms with Crippen LogP contribution in [-0.4, -0.2) is 37.0 Å². The van der Waals surface area contributed by atoms with Crippen LogP contribution in [0.1, 0.15) is 60.3 Å². The van der Waals surface area contributed by atoms with Crippen LogP contribution in [0.5, 0.6) is 0 Å². The first-order valence-corrected chi connectivity index (χ1v) is 9.63. The van der Waals surface area contributed by atoms with Crippen molar-refractivity contribution >= 4 is 32.3 Å². The molecule has 2 fully saturated rings. The number of carbonyl (C=O) groups excluding carboxylic acids is 2. The molecule has 0 aromatic carbocycles. The van der Waals surface area contributed by atoms with Gasteiger partial charge in [0.15, 0.2) is 0 Å². The summed E-state index contributed by atoms with van der Waals surface area (Å²) in [6.45, 7) is 10.5. The largest absolute Gasteiger partial charge is 0.359 e. The standard InChI is InChI=1S/C18H33BN2O2S/c1-7-15(3,11-10-18(11,19)14(23)20-6)13(22)21-16(4)9-12(16)17(5,24)8-2/h11-12,24H,7-10,19H2,1-6H3,(H,20,23)(H,21,22). The second-order valence-corrected chi connectivity index (χ2v) is 9.88. The molecule has 0 heterocycles. The van der Waals surface area contributed by atoms with Gasteiger partial charge in [-0.25, -0.2) is 0 Å². The molecule has 0 aromatic heterocycles. The van der Waals surface area contributed by atoms with Crippen molar-refractivity contribution in [1.82, 2.24) is 10.6 Å². The Kier molecular flexibility index (Phi) is 4.89. The fourth-order valence-electron chi connectivity index (χ4n) is 4.45. The van der Waals surface area contributed by atoms with Crippen molar-refractivity contribution in [3.63, 3.8) is 0 Å². The van der Waals surface area contributed by atoms with Gasteiger partial charge < -0.3 is 10.6 Å². The molecule has 0 aromatic rings. The van der Waals surface area contributed by atoms with Crippen molar-refractivity contribution < 1.29 is 9.59 Å². The Morgan fingerprint density at radius 1 is 1.21 bits per heavy atom. The maximum Gasteiger partial charge on any atom is 0.226 e. The number of thiol groups is 1. The van der Waals surface area contributed by atoms with E-state index in [4.69, 9.17) is 12.6 Å². The van der Waals surface area contributed by atoms with Gasteiger partial charge in [0.2, 0.25) is 11.8 Å². The molecule has 6 heteroatoms. The molecule has 6 atom stereocenters. The minimum atomic E-state index is -0.503. The Bertz CT molecular complexity index is 555. The molecular weight excluding hydrogens is 319 g/mol. The molecule has 6 unspecified atom stereocenters. The summed E-state index contributed by atoms with van der Waals surface area (Å²) < 4.78 is -0.0547. The van der Waals surface area contributed by atoms with Gasteiger partial charge in [-0.05, 0) is 44.4 Å². The van der Waals surface area contributed by atoms with Gasteiger partial charge in [0.25, 0.3) is 0 Å². The van der Waals surface area contributed by atoms with Gasteiger partial charge in [-0.15, -0.1) is 0 Å². The van der Waals surface area contributed by atoms with Gasteiger partial charge in [0.05, 0.1) is 0 Å². The van der Waals surface area contributed by atoms with Gasteiger partial charge in [-0.1, -0.05) is 27.7 Å². The number of rotatable bonds is 7. The highest BCUT2D eigenvalue weighted by Gasteiger charge is 2.66. The van der Waals surface area contributed by atoms with Gasteiger partial charge >= 0.3 is 0 Å². The first-order chi connectivity index (χ1) is 10.9. The van der Waals surface area contributed by atoms with E-state index in [1.165, 1.54) is 0 Å². The van der Waals surface area contributed by atoms with Crippen LogP contribution in [0.2, 0.25) is 5.31 Å². The molecule has 2 amide bonds. The molecule has 136 valence electrons. The molecule has 0 saturated heterocycles. The Balaban J connectivity index is 2.10. The smallest absolute Gasteiger partial charge is 0.226 e. The van der Waals surface area contributed by atoms with E-state index in [0.29, 0.717) is 5.92 Å². The van der Waals surface area contributed by atoms with Crippen LogP contribution in [0.4, 0.5) is 0 Å². The minimum absolute atomic E-state index is 0.0457. The third-order valence-corrected chi connectivity index (χ3v) is 7.74. The van der Waals surface area contributed by atoms with Crippen LogP contribution in [0.25, 0.3) is 0 Å². The summed E-state index contributed by atoms with van der Waals surface area (Å²) in [5, 5.41) is 5.64. The van der Waals surface area contributed by atoms with Gasteiger partial charge in [0.1, 0.15) is 7.85 Å². The molecule has 24 heavy (non-hydrogen) atoms. The predicted molar refractivity (Wildman–Crippen MR) is 104 cm³/mol. The minimum Gasteiger partial charge on any atom is -0.359 e. The van der Waals surface area contributed by atoms with E-state index < -0.39 is 10.7 Å². The lowest BCUT2D eigenvalue weighted by Gasteiger charge is -2.33. The Hall–Kier alpha value is -0.645. The second-order valence-electron chi connectivity index (χ2n) is 8.86. The van der Waals surface area contributed by atoms with E-state index in [-0.39, 0.29) is 28.0 Å². The maximum atomic E-state index is 13.1. The van der Waals surface area contributed by atoms with E-state index in [2.05, 4.69) is 31.4 Å². The average molecular weight is 352 g/mol. The number of nitrogens with one attached hydrogen (secondary N) is 2. The van der Waals surface area contributed by atoms with Gasteiger partial charge in [0, 0.05) is 28.1 Å². The summed E-state index contributed by atoms with van der Waals surface area (Å²) in [5.74, 6) is 0.634. The molecule has 4 nitrogen and oxygen atoms in total. The lowest BCUT2D eigenvalue weighted by atomic mass is 9.70. The Labute approximate surface area is 153 Å². The summed E-state index contributed by atoms with van der Waals surface area (Å²) in [6, 6.07) is 0. The average Bonchev–Trinajstić information content (AvgIpc) is 3.42. The monoisotopic (exact) mass is 352 g/mol. The number of amides is 2. The predicted octanol–water partition coefficient (Wildman–Crippen LogP) is 1.95. The van der Waals surface area contributed by atoms with E-state index in [9.17, 15) is 9.59 Å². The van der Waals surface area contributed by atoms with Crippen molar-refractivity contribution in [2.45, 2.75) is 75.9 Å². The zero-order chi connectivity index (χ0) is 18.6. The van der Waals surface area contributed by atoms with Crippen molar-refractivity contribution in [3.8, 4) is 0 Å². The molecule has 2 rings (SSSR count). The normalized spacial score (nSPS) is 39.3. The van der Waals surface area contributed by atoms with E-state index >= 15 is 0 Å². The third kappa shape index (κ3) is 2.99. The molecule has 2 N–H and O–H groups in total. The molecule has 0 bridgehead atoms. The van der Waals surface area contributed by atoms with Gasteiger partial charge in [-0.2, -0.15) is 12.6 Å². The van der Waals surface area contributed by atoms with Crippen molar-refractivity contribution in [2.24, 2.45) is 17.3 Å². The number of hydrogen-bond acceptors (Lipinski definition) is 3. The fraction of sp³-hybridized carbons (Fsp3) is 0.889. The van der Waals surface area contributed by atoms with Crippen LogP contribution >= 0.6 is 12.6 Å². The SMILES string of the molecule is BC1(C(=O)NC)CC1C(C)(CC)C(=O)NC1(C)CC1C(C)(S)CC. The van der Waals surface area contributed by atoms with Crippen molar-refractivity contribution in [2.75, 3.05) is 7.05 Å². The zero-order valence-electron chi connectivity index (χ0n) is 16.2. The highest BCUT2D eigenvalue weighted by molar-refractivity contribution is 7.81. The number of hydrogen-bond donors (Lipinski definition) is 3. The topological polar surface area (TPSA) is 58.2 Å². The van der Waals surface area contributed by atoms with Crippen molar-refractivity contribution in [3.05, 3.63) is 0 Å².